The summed E-state index contributed by atoms with van der Waals surface area (Å²) >= 11 is 0. The Hall–Kier alpha value is -4.55. The van der Waals surface area contributed by atoms with Crippen molar-refractivity contribution < 1.29 is 27.5 Å². The maximum absolute atomic E-state index is 12.5. The van der Waals surface area contributed by atoms with Gasteiger partial charge in [0.1, 0.15) is 11.1 Å². The van der Waals surface area contributed by atoms with Gasteiger partial charge in [-0.2, -0.15) is 13.2 Å². The maximum Gasteiger partial charge on any atom is 0.491 e. The molecular formula is C29H22F3N3O3. The summed E-state index contributed by atoms with van der Waals surface area (Å²) < 4.78 is 41.5. The summed E-state index contributed by atoms with van der Waals surface area (Å²) in [5.41, 5.74) is 9.17. The van der Waals surface area contributed by atoms with Gasteiger partial charge >= 0.3 is 18.1 Å². The summed E-state index contributed by atoms with van der Waals surface area (Å²) in [5, 5.41) is 0.580. The van der Waals surface area contributed by atoms with Crippen LogP contribution < -0.4 is 5.73 Å². The van der Waals surface area contributed by atoms with E-state index in [9.17, 15) is 22.8 Å². The van der Waals surface area contributed by atoms with Gasteiger partial charge in [-0.3, -0.25) is 0 Å². The van der Waals surface area contributed by atoms with Crippen molar-refractivity contribution in [3.63, 3.8) is 0 Å². The van der Waals surface area contributed by atoms with E-state index in [0.717, 1.165) is 27.9 Å². The predicted molar refractivity (Wildman–Crippen MR) is 136 cm³/mol. The number of hydrogen-bond donors (Lipinski definition) is 1. The first-order valence-corrected chi connectivity index (χ1v) is 11.5. The molecule has 0 aliphatic heterocycles. The smallest absolute Gasteiger partial charge is 0.385 e. The van der Waals surface area contributed by atoms with Crippen LogP contribution in [0.15, 0.2) is 72.9 Å². The Labute approximate surface area is 216 Å². The number of carbonyl (C=O) groups is 2. The van der Waals surface area contributed by atoms with Crippen molar-refractivity contribution in [3.05, 3.63) is 84.2 Å². The lowest BCUT2D eigenvalue weighted by molar-refractivity contribution is -0.203. The number of aromatic nitrogens is 2. The van der Waals surface area contributed by atoms with E-state index >= 15 is 0 Å². The zero-order valence-electron chi connectivity index (χ0n) is 20.5. The van der Waals surface area contributed by atoms with E-state index in [4.69, 9.17) is 10.7 Å². The third kappa shape index (κ3) is 5.71. The van der Waals surface area contributed by atoms with E-state index in [2.05, 4.69) is 21.6 Å². The highest BCUT2D eigenvalue weighted by Crippen LogP contribution is 2.34. The summed E-state index contributed by atoms with van der Waals surface area (Å²) in [7, 11) is 0. The summed E-state index contributed by atoms with van der Waals surface area (Å²) in [6.45, 7) is 2.93. The lowest BCUT2D eigenvalue weighted by Gasteiger charge is -2.15. The highest BCUT2D eigenvalue weighted by atomic mass is 19.4. The van der Waals surface area contributed by atoms with Crippen molar-refractivity contribution in [2.75, 3.05) is 0 Å². The SMILES string of the molecule is CC(C)(C#Cc1nccc2nc(-c3ccc(CN)cc3)c(-c3ccccc3)cc12)C(=O)OC(=O)C(F)(F)F. The molecule has 6 nitrogen and oxygen atoms in total. The number of halogens is 3. The molecule has 0 spiro atoms. The Morgan fingerprint density at radius 2 is 1.63 bits per heavy atom. The lowest BCUT2D eigenvalue weighted by Crippen LogP contribution is -2.34. The molecule has 0 fully saturated rings. The first-order valence-electron chi connectivity index (χ1n) is 11.5. The number of benzene rings is 2. The molecule has 0 atom stereocenters. The van der Waals surface area contributed by atoms with Gasteiger partial charge in [-0.1, -0.05) is 60.5 Å². The van der Waals surface area contributed by atoms with Crippen LogP contribution in [0.3, 0.4) is 0 Å². The van der Waals surface area contributed by atoms with Gasteiger partial charge in [-0.05, 0) is 43.0 Å². The number of nitrogens with zero attached hydrogens (tertiary/aromatic N) is 2. The summed E-state index contributed by atoms with van der Waals surface area (Å²) in [4.78, 5) is 32.5. The minimum atomic E-state index is -5.29. The topological polar surface area (TPSA) is 95.2 Å². The van der Waals surface area contributed by atoms with Crippen LogP contribution in [0.2, 0.25) is 0 Å². The van der Waals surface area contributed by atoms with Gasteiger partial charge < -0.3 is 10.5 Å². The average Bonchev–Trinajstić information content (AvgIpc) is 2.91. The minimum Gasteiger partial charge on any atom is -0.385 e. The standard InChI is InChI=1S/C29H22F3N3O3/c1-28(2,26(36)38-27(37)29(30,31)32)14-12-23-22-16-21(19-6-4-3-5-7-19)25(35-24(22)13-15-34-23)20-10-8-18(17-33)9-11-20/h3-11,13,15-16H,17,33H2,1-2H3. The number of ether oxygens (including phenoxy) is 1. The predicted octanol–water partition coefficient (Wildman–Crippen LogP) is 5.43. The third-order valence-corrected chi connectivity index (χ3v) is 5.71. The molecule has 2 heterocycles. The van der Waals surface area contributed by atoms with Crippen molar-refractivity contribution in [2.45, 2.75) is 26.6 Å². The van der Waals surface area contributed by atoms with Crippen molar-refractivity contribution in [3.8, 4) is 34.2 Å². The second kappa shape index (κ2) is 10.4. The zero-order chi connectivity index (χ0) is 27.5. The normalized spacial score (nSPS) is 11.5. The van der Waals surface area contributed by atoms with Crippen LogP contribution in [0.5, 0.6) is 0 Å². The monoisotopic (exact) mass is 517 g/mol. The first kappa shape index (κ1) is 26.5. The second-order valence-electron chi connectivity index (χ2n) is 8.93. The zero-order valence-corrected chi connectivity index (χ0v) is 20.5. The van der Waals surface area contributed by atoms with Gasteiger partial charge in [-0.15, -0.1) is 0 Å². The minimum absolute atomic E-state index is 0.264. The molecule has 0 saturated carbocycles. The molecule has 4 aromatic rings. The Bertz CT molecular complexity index is 1570. The van der Waals surface area contributed by atoms with Crippen molar-refractivity contribution in [1.82, 2.24) is 9.97 Å². The van der Waals surface area contributed by atoms with Crippen LogP contribution in [0, 0.1) is 17.3 Å². The molecule has 2 aromatic heterocycles. The molecule has 9 heteroatoms. The van der Waals surface area contributed by atoms with Gasteiger partial charge in [0.25, 0.3) is 0 Å². The van der Waals surface area contributed by atoms with Crippen LogP contribution in [0.4, 0.5) is 13.2 Å². The Morgan fingerprint density at radius 3 is 2.26 bits per heavy atom. The molecule has 0 bridgehead atoms. The Balaban J connectivity index is 1.81. The van der Waals surface area contributed by atoms with Crippen LogP contribution in [-0.4, -0.2) is 28.1 Å². The maximum atomic E-state index is 12.5. The number of pyridine rings is 2. The highest BCUT2D eigenvalue weighted by molar-refractivity contribution is 5.95. The third-order valence-electron chi connectivity index (χ3n) is 5.71. The molecule has 192 valence electrons. The van der Waals surface area contributed by atoms with E-state index in [1.807, 2.05) is 60.7 Å². The number of carbonyl (C=O) groups excluding carboxylic acids is 2. The van der Waals surface area contributed by atoms with E-state index in [0.29, 0.717) is 17.4 Å². The van der Waals surface area contributed by atoms with Crippen molar-refractivity contribution >= 4 is 22.8 Å². The Morgan fingerprint density at radius 1 is 0.947 bits per heavy atom. The molecule has 0 radical (unpaired) electrons. The molecular weight excluding hydrogens is 495 g/mol. The molecule has 0 unspecified atom stereocenters. The Kier molecular flexibility index (Phi) is 7.28. The quantitative estimate of drug-likeness (QED) is 0.220. The number of rotatable bonds is 4. The van der Waals surface area contributed by atoms with Crippen molar-refractivity contribution in [1.29, 1.82) is 0 Å². The fraction of sp³-hybridized carbons (Fsp3) is 0.172. The number of nitrogens with two attached hydrogens (primary N) is 1. The van der Waals surface area contributed by atoms with Gasteiger partial charge in [0.2, 0.25) is 0 Å². The number of esters is 2. The van der Waals surface area contributed by atoms with Crippen LogP contribution in [-0.2, 0) is 20.9 Å². The summed E-state index contributed by atoms with van der Waals surface area (Å²) in [6.07, 6.45) is -3.79. The van der Waals surface area contributed by atoms with Crippen molar-refractivity contribution in [2.24, 2.45) is 11.1 Å². The van der Waals surface area contributed by atoms with Crippen LogP contribution >= 0.6 is 0 Å². The molecule has 38 heavy (non-hydrogen) atoms. The number of alkyl halides is 3. The average molecular weight is 518 g/mol. The van der Waals surface area contributed by atoms with Gasteiger partial charge in [-0.25, -0.2) is 19.6 Å². The van der Waals surface area contributed by atoms with Gasteiger partial charge in [0, 0.05) is 29.3 Å². The largest absolute Gasteiger partial charge is 0.491 e. The molecule has 2 N–H and O–H groups in total. The first-order chi connectivity index (χ1) is 18.0. The van der Waals surface area contributed by atoms with E-state index in [-0.39, 0.29) is 5.69 Å². The van der Waals surface area contributed by atoms with E-state index < -0.39 is 23.5 Å². The van der Waals surface area contributed by atoms with Crippen LogP contribution in [0.1, 0.15) is 25.1 Å². The van der Waals surface area contributed by atoms with Gasteiger partial charge in [0.05, 0.1) is 11.2 Å². The second-order valence-corrected chi connectivity index (χ2v) is 8.93. The number of hydrogen-bond acceptors (Lipinski definition) is 6. The molecule has 0 aliphatic carbocycles. The molecule has 0 aliphatic rings. The van der Waals surface area contributed by atoms with E-state index in [1.165, 1.54) is 20.0 Å². The fourth-order valence-electron chi connectivity index (χ4n) is 3.59. The molecule has 0 amide bonds. The summed E-state index contributed by atoms with van der Waals surface area (Å²) in [5.74, 6) is 1.35. The van der Waals surface area contributed by atoms with Gasteiger partial charge in [0.15, 0.2) is 0 Å². The number of fused-ring (bicyclic) bond motifs is 1. The van der Waals surface area contributed by atoms with Crippen LogP contribution in [0.25, 0.3) is 33.3 Å². The molecule has 0 saturated heterocycles. The summed E-state index contributed by atoms with van der Waals surface area (Å²) in [6, 6.07) is 21.0. The molecule has 4 rings (SSSR count). The fourth-order valence-corrected chi connectivity index (χ4v) is 3.59. The molecule has 2 aromatic carbocycles. The van der Waals surface area contributed by atoms with E-state index in [1.54, 1.807) is 6.07 Å². The lowest BCUT2D eigenvalue weighted by atomic mass is 9.94. The highest BCUT2D eigenvalue weighted by Gasteiger charge is 2.44.